The van der Waals surface area contributed by atoms with E-state index in [-0.39, 0.29) is 64.8 Å². The van der Waals surface area contributed by atoms with E-state index in [1.807, 2.05) is 24.7 Å². The second-order valence-corrected chi connectivity index (χ2v) is 28.6. The van der Waals surface area contributed by atoms with E-state index in [2.05, 4.69) is 152 Å². The summed E-state index contributed by atoms with van der Waals surface area (Å²) in [6.07, 6.45) is 29.8. The molecule has 88 heavy (non-hydrogen) atoms. The predicted octanol–water partition coefficient (Wildman–Crippen LogP) is 13.1. The van der Waals surface area contributed by atoms with Gasteiger partial charge in [0.25, 0.3) is 0 Å². The maximum absolute atomic E-state index is 14.8. The number of aliphatic imine (C=N–C) groups is 1. The van der Waals surface area contributed by atoms with Gasteiger partial charge in [0.05, 0.1) is 16.5 Å². The van der Waals surface area contributed by atoms with Gasteiger partial charge in [-0.1, -0.05) is 110 Å². The third-order valence-corrected chi connectivity index (χ3v) is 21.6. The monoisotopic (exact) mass is 1250 g/mol. The van der Waals surface area contributed by atoms with E-state index in [4.69, 9.17) is 16.6 Å². The molecule has 0 radical (unpaired) electrons. The van der Waals surface area contributed by atoms with Crippen LogP contribution in [0.5, 0.6) is 0 Å². The molecule has 11 atom stereocenters. The van der Waals surface area contributed by atoms with Crippen LogP contribution in [0.4, 0.5) is 13.2 Å². The van der Waals surface area contributed by atoms with Crippen LogP contribution in [-0.4, -0.2) is 162 Å². The molecule has 3 saturated heterocycles. The van der Waals surface area contributed by atoms with Crippen LogP contribution in [-0.2, 0) is 17.4 Å². The summed E-state index contributed by atoms with van der Waals surface area (Å²) in [7, 11) is 4.30. The lowest BCUT2D eigenvalue weighted by atomic mass is 9.74. The number of carbonyl (C=O) groups is 1. The molecule has 6 N–H and O–H groups in total. The van der Waals surface area contributed by atoms with Crippen molar-refractivity contribution in [2.24, 2.45) is 28.7 Å². The van der Waals surface area contributed by atoms with Crippen molar-refractivity contribution in [1.82, 2.24) is 56.4 Å². The summed E-state index contributed by atoms with van der Waals surface area (Å²) in [6, 6.07) is 6.03. The van der Waals surface area contributed by atoms with E-state index >= 15 is 0 Å². The van der Waals surface area contributed by atoms with Crippen molar-refractivity contribution in [3.8, 4) is 0 Å². The molecule has 2 aliphatic carbocycles. The number of allylic oxidation sites excluding steroid dienone is 3. The number of piperidine rings is 1. The largest absolute Gasteiger partial charge is 0.417 e. The third-order valence-electron chi connectivity index (χ3n) is 21.3. The topological polar surface area (TPSA) is 118 Å². The van der Waals surface area contributed by atoms with Crippen LogP contribution < -0.4 is 31.9 Å². The molecule has 1 spiro atoms. The second kappa shape index (κ2) is 34.9. The Kier molecular flexibility index (Phi) is 28.4. The first-order valence-electron chi connectivity index (χ1n) is 35.0. The van der Waals surface area contributed by atoms with Gasteiger partial charge in [-0.3, -0.25) is 14.7 Å². The molecule has 1 aromatic rings. The van der Waals surface area contributed by atoms with Gasteiger partial charge in [-0.25, -0.2) is 0 Å². The molecule has 17 heteroatoms. The van der Waals surface area contributed by atoms with Gasteiger partial charge in [-0.15, -0.1) is 0 Å². The highest BCUT2D eigenvalue weighted by Crippen LogP contribution is 2.41. The Labute approximate surface area is 536 Å². The molecule has 0 bridgehead atoms. The van der Waals surface area contributed by atoms with Crippen LogP contribution in [0, 0.1) is 23.7 Å². The summed E-state index contributed by atoms with van der Waals surface area (Å²) < 4.78 is 41.0. The lowest BCUT2D eigenvalue weighted by Gasteiger charge is -2.60. The number of alkyl halides is 3. The van der Waals surface area contributed by atoms with Crippen LogP contribution in [0.25, 0.3) is 0 Å². The van der Waals surface area contributed by atoms with E-state index in [9.17, 15) is 18.0 Å². The first kappa shape index (κ1) is 71.8. The van der Waals surface area contributed by atoms with Gasteiger partial charge in [0.1, 0.15) is 0 Å². The zero-order valence-electron chi connectivity index (χ0n) is 56.6. The van der Waals surface area contributed by atoms with Crippen LogP contribution in [0.2, 0.25) is 5.02 Å². The van der Waals surface area contributed by atoms with Gasteiger partial charge >= 0.3 is 6.18 Å². The maximum Gasteiger partial charge on any atom is 0.417 e. The second-order valence-electron chi connectivity index (χ2n) is 28.2. The quantitative estimate of drug-likeness (QED) is 0.127. The Morgan fingerprint density at radius 3 is 2.24 bits per heavy atom. The summed E-state index contributed by atoms with van der Waals surface area (Å²) in [5, 5.41) is 23.9. The number of nitrogens with zero attached hydrogens (tertiary/aromatic N) is 6. The molecule has 1 aromatic carbocycles. The molecule has 4 heterocycles. The minimum Gasteiger partial charge on any atom is -0.390 e. The minimum absolute atomic E-state index is 0.0365. The number of hydrogen-bond donors (Lipinski definition) is 6. The lowest BCUT2D eigenvalue weighted by Crippen LogP contribution is -2.76. The highest BCUT2D eigenvalue weighted by molar-refractivity contribution is 6.31. The molecular formula is C71H120ClF3N12O. The van der Waals surface area contributed by atoms with Gasteiger partial charge in [-0.05, 0) is 153 Å². The maximum atomic E-state index is 14.8. The molecule has 498 valence electrons. The molecule has 5 unspecified atom stereocenters. The first-order chi connectivity index (χ1) is 42.1. The van der Waals surface area contributed by atoms with Crippen molar-refractivity contribution in [3.05, 3.63) is 82.8 Å². The fraction of sp³-hybridized carbons (Fsp3) is 0.775. The van der Waals surface area contributed by atoms with Crippen molar-refractivity contribution >= 4 is 23.2 Å². The Hall–Kier alpha value is -3.64. The van der Waals surface area contributed by atoms with Gasteiger partial charge < -0.3 is 51.5 Å². The average molecular weight is 1250 g/mol. The predicted molar refractivity (Wildman–Crippen MR) is 361 cm³/mol. The lowest BCUT2D eigenvalue weighted by molar-refractivity contribution is -0.162. The zero-order valence-corrected chi connectivity index (χ0v) is 57.4. The van der Waals surface area contributed by atoms with Crippen molar-refractivity contribution in [3.63, 3.8) is 0 Å². The number of benzene rings is 1. The Bertz CT molecular complexity index is 2430. The van der Waals surface area contributed by atoms with Crippen LogP contribution in [0.1, 0.15) is 202 Å². The number of amides is 1. The number of likely N-dealkylation sites (tertiary alicyclic amines) is 1. The molecule has 6 aliphatic rings. The van der Waals surface area contributed by atoms with E-state index in [0.717, 1.165) is 127 Å². The summed E-state index contributed by atoms with van der Waals surface area (Å²) in [5.41, 5.74) is 3.32. The van der Waals surface area contributed by atoms with E-state index in [1.165, 1.54) is 74.9 Å². The molecule has 13 nitrogen and oxygen atoms in total. The number of rotatable bonds is 11. The average Bonchev–Trinajstić information content (AvgIpc) is 0.779. The molecule has 7 rings (SSSR count). The first-order valence-corrected chi connectivity index (χ1v) is 35.4. The number of hydrogen-bond acceptors (Lipinski definition) is 12. The Morgan fingerprint density at radius 1 is 0.830 bits per heavy atom. The van der Waals surface area contributed by atoms with E-state index in [1.54, 1.807) is 0 Å². The van der Waals surface area contributed by atoms with Crippen LogP contribution in [0.3, 0.4) is 0 Å². The summed E-state index contributed by atoms with van der Waals surface area (Å²) in [6.45, 7) is 30.5. The Balaban J connectivity index is 1.18. The molecule has 4 aliphatic heterocycles. The third kappa shape index (κ3) is 20.2. The number of aryl methyl sites for hydroxylation is 1. The van der Waals surface area contributed by atoms with E-state index in [0.29, 0.717) is 49.1 Å². The number of nitrogens with one attached hydrogen (secondary N) is 6. The number of halogens is 4. The summed E-state index contributed by atoms with van der Waals surface area (Å²) in [5.74, 6) is 1.79. The van der Waals surface area contributed by atoms with Gasteiger partial charge in [-0.2, -0.15) is 13.2 Å². The molecule has 1 amide bonds. The van der Waals surface area contributed by atoms with Crippen molar-refractivity contribution in [2.75, 3.05) is 66.5 Å². The van der Waals surface area contributed by atoms with Crippen molar-refractivity contribution in [2.45, 2.75) is 264 Å². The van der Waals surface area contributed by atoms with Crippen LogP contribution >= 0.6 is 11.6 Å². The molecule has 5 fully saturated rings. The smallest absolute Gasteiger partial charge is 0.390 e. The van der Waals surface area contributed by atoms with Crippen molar-refractivity contribution in [1.29, 1.82) is 0 Å². The highest BCUT2D eigenvalue weighted by Gasteiger charge is 2.55. The molecular weight excluding hydrogens is 1130 g/mol. The molecule has 2 saturated carbocycles. The van der Waals surface area contributed by atoms with E-state index < -0.39 is 11.7 Å². The fourth-order valence-electron chi connectivity index (χ4n) is 15.8. The number of fused-ring (bicyclic) bond motifs is 2. The molecule has 0 aromatic heterocycles. The van der Waals surface area contributed by atoms with Gasteiger partial charge in [0.2, 0.25) is 5.91 Å². The van der Waals surface area contributed by atoms with Gasteiger partial charge in [0.15, 0.2) is 0 Å². The summed E-state index contributed by atoms with van der Waals surface area (Å²) in [4.78, 5) is 31.8. The SMILES string of the molecule is CCC[C@@H]1NC[C@H]([C@@H](C)CC)NC(C)[C@H](C)N2CCCC2=CN(C)C(CC2CCCCC2)=CN(C)C=CN=C(CCc2ccc(C(F)(F)F)c(Cl)c2)C=CNCCNCC2(CCCC2)NC(C)[C@H](C(C)C)N2C(C)[C@H](C(=O)N3CCCCC3)C2CNC1C. The number of carbonyl (C=O) groups excluding carboxylic acids is 1. The van der Waals surface area contributed by atoms with Crippen molar-refractivity contribution < 1.29 is 18.0 Å². The minimum atomic E-state index is -4.51. The zero-order chi connectivity index (χ0) is 63.5. The van der Waals surface area contributed by atoms with Gasteiger partial charge in [0, 0.05) is 168 Å². The Morgan fingerprint density at radius 2 is 1.56 bits per heavy atom. The fourth-order valence-corrected chi connectivity index (χ4v) is 16.1. The normalized spacial score (nSPS) is 30.2. The van der Waals surface area contributed by atoms with Crippen LogP contribution in [0.15, 0.2) is 71.7 Å². The summed E-state index contributed by atoms with van der Waals surface area (Å²) >= 11 is 6.20. The highest BCUT2D eigenvalue weighted by atomic mass is 35.5. The standard InChI is InChI=1S/C71H120ClF3N12O/c1-13-24-64-53(7)79-46-66-67(69(88)85-39-21-16-22-40-85)56(10)87(66)68(50(3)4)54(8)82-70(33-19-20-34-70)49-77-37-36-76-35-32-59(30-28-58-29-31-62(63(72)44-58)71(73,74)75)78-38-42-83(11)47-61(43-57-25-17-15-18-26-57)84(12)48-60-27-23-41-86(60)55(9)52(6)81-65(45-80-64)51(5)14-2/h29,31-32,35,38,42,44,47-48,50-57,64-68,76-77,79-82H,13-28,30,33-34,36-37,39-41,43,45-46,49H2,1-12H3/t51-,52?,53?,54?,55-,56?,64-,65+,66?,67-,68-/m0/s1.